The molecule has 0 saturated heterocycles. The van der Waals surface area contributed by atoms with Crippen molar-refractivity contribution in [2.24, 2.45) is 0 Å². The first-order valence-corrected chi connectivity index (χ1v) is 10.7. The predicted octanol–water partition coefficient (Wildman–Crippen LogP) is 5.80. The maximum atomic E-state index is 14.0. The third kappa shape index (κ3) is 3.59. The number of halogens is 2. The molecule has 146 valence electrons. The van der Waals surface area contributed by atoms with Gasteiger partial charge in [-0.1, -0.05) is 12.1 Å². The average molecular weight is 428 g/mol. The maximum absolute atomic E-state index is 14.0. The molecule has 1 aliphatic heterocycles. The highest BCUT2D eigenvalue weighted by atomic mass is 32.2. The van der Waals surface area contributed by atoms with Gasteiger partial charge in [0.05, 0.1) is 12.0 Å². The van der Waals surface area contributed by atoms with Crippen LogP contribution in [0, 0.1) is 11.6 Å². The van der Waals surface area contributed by atoms with Crippen LogP contribution < -0.4 is 4.74 Å². The molecule has 0 bridgehead atoms. The number of thiophene rings is 1. The third-order valence-corrected chi connectivity index (χ3v) is 6.53. The molecule has 0 spiro atoms. The van der Waals surface area contributed by atoms with E-state index >= 15 is 0 Å². The minimum Gasteiger partial charge on any atom is -0.467 e. The molecule has 29 heavy (non-hydrogen) atoms. The second-order valence-electron chi connectivity index (χ2n) is 6.47. The van der Waals surface area contributed by atoms with Gasteiger partial charge >= 0.3 is 0 Å². The van der Waals surface area contributed by atoms with Gasteiger partial charge in [-0.05, 0) is 29.8 Å². The van der Waals surface area contributed by atoms with Crippen LogP contribution in [0.2, 0.25) is 0 Å². The first-order chi connectivity index (χ1) is 14.2. The fraction of sp³-hybridized carbons (Fsp3) is 0.143. The van der Waals surface area contributed by atoms with E-state index in [1.165, 1.54) is 53.7 Å². The molecule has 2 aromatic heterocycles. The fourth-order valence-electron chi connectivity index (χ4n) is 3.31. The van der Waals surface area contributed by atoms with E-state index < -0.39 is 0 Å². The minimum atomic E-state index is -0.316. The molecule has 5 rings (SSSR count). The lowest BCUT2D eigenvalue weighted by molar-refractivity contribution is -0.0171. The largest absolute Gasteiger partial charge is 0.467 e. The number of benzene rings is 2. The Morgan fingerprint density at radius 1 is 1.07 bits per heavy atom. The third-order valence-electron chi connectivity index (χ3n) is 4.61. The lowest BCUT2D eigenvalue weighted by Gasteiger charge is -2.20. The van der Waals surface area contributed by atoms with Crippen molar-refractivity contribution in [3.05, 3.63) is 70.9 Å². The number of hydrogen-bond acceptors (Lipinski definition) is 6. The van der Waals surface area contributed by atoms with Crippen LogP contribution in [-0.4, -0.2) is 16.8 Å². The van der Waals surface area contributed by atoms with Gasteiger partial charge in [-0.3, -0.25) is 0 Å². The molecule has 0 atom stereocenters. The van der Waals surface area contributed by atoms with Crippen molar-refractivity contribution >= 4 is 33.3 Å². The number of aromatic nitrogens is 2. The topological polar surface area (TPSA) is 44.2 Å². The van der Waals surface area contributed by atoms with Crippen LogP contribution >= 0.6 is 23.1 Å². The zero-order chi connectivity index (χ0) is 19.8. The van der Waals surface area contributed by atoms with E-state index in [2.05, 4.69) is 9.97 Å². The molecule has 1 aliphatic rings. The number of ether oxygens (including phenoxy) is 2. The molecule has 0 amide bonds. The second-order valence-corrected chi connectivity index (χ2v) is 8.29. The van der Waals surface area contributed by atoms with Crippen molar-refractivity contribution in [3.8, 4) is 16.9 Å². The molecular weight excluding hydrogens is 414 g/mol. The van der Waals surface area contributed by atoms with Crippen molar-refractivity contribution < 1.29 is 18.3 Å². The van der Waals surface area contributed by atoms with Gasteiger partial charge in [-0.15, -0.1) is 23.1 Å². The molecule has 0 N–H and O–H groups in total. The Hall–Kier alpha value is -2.55. The van der Waals surface area contributed by atoms with Crippen molar-refractivity contribution in [2.75, 3.05) is 6.79 Å². The van der Waals surface area contributed by atoms with E-state index in [-0.39, 0.29) is 18.4 Å². The van der Waals surface area contributed by atoms with Gasteiger partial charge in [-0.25, -0.2) is 18.7 Å². The smallest absolute Gasteiger partial charge is 0.189 e. The highest BCUT2D eigenvalue weighted by Crippen LogP contribution is 2.40. The zero-order valence-electron chi connectivity index (χ0n) is 15.0. The van der Waals surface area contributed by atoms with Crippen molar-refractivity contribution in [3.63, 3.8) is 0 Å². The number of thioether (sulfide) groups is 1. The molecule has 2 aromatic carbocycles. The molecule has 4 aromatic rings. The maximum Gasteiger partial charge on any atom is 0.189 e. The second kappa shape index (κ2) is 7.70. The Morgan fingerprint density at radius 2 is 1.93 bits per heavy atom. The van der Waals surface area contributed by atoms with Crippen molar-refractivity contribution in [2.45, 2.75) is 17.4 Å². The number of fused-ring (bicyclic) bond motifs is 2. The quantitative estimate of drug-likeness (QED) is 0.304. The van der Waals surface area contributed by atoms with E-state index in [1.54, 1.807) is 12.1 Å². The standard InChI is InChI=1S/C21H14F2N2O2S2/c22-15-3-1-12(2-4-15)17-9-29-21-18(17)20(24-10-25-21)28-8-14-6-16(23)5-13-7-26-11-27-19(13)14/h1-6,9-10H,7-8,11H2. The van der Waals surface area contributed by atoms with Gasteiger partial charge in [0.15, 0.2) is 6.79 Å². The van der Waals surface area contributed by atoms with E-state index in [1.807, 2.05) is 5.38 Å². The van der Waals surface area contributed by atoms with Crippen LogP contribution in [0.1, 0.15) is 11.1 Å². The summed E-state index contributed by atoms with van der Waals surface area (Å²) in [5, 5.41) is 3.71. The molecule has 0 unspecified atom stereocenters. The lowest BCUT2D eigenvalue weighted by Crippen LogP contribution is -2.13. The normalized spacial score (nSPS) is 13.3. The SMILES string of the molecule is Fc1ccc(-c2csc3ncnc(SCc4cc(F)cc5c4OCOC5)c23)cc1. The van der Waals surface area contributed by atoms with E-state index in [4.69, 9.17) is 9.47 Å². The summed E-state index contributed by atoms with van der Waals surface area (Å²) in [5.41, 5.74) is 3.33. The van der Waals surface area contributed by atoms with Gasteiger partial charge < -0.3 is 9.47 Å². The first kappa shape index (κ1) is 18.5. The van der Waals surface area contributed by atoms with E-state index in [0.29, 0.717) is 23.7 Å². The van der Waals surface area contributed by atoms with E-state index in [0.717, 1.165) is 31.9 Å². The zero-order valence-corrected chi connectivity index (χ0v) is 16.7. The summed E-state index contributed by atoms with van der Waals surface area (Å²) >= 11 is 3.01. The summed E-state index contributed by atoms with van der Waals surface area (Å²) in [6.45, 7) is 0.495. The van der Waals surface area contributed by atoms with Gasteiger partial charge in [0.2, 0.25) is 0 Å². The van der Waals surface area contributed by atoms with Gasteiger partial charge in [0, 0.05) is 27.8 Å². The molecular formula is C21H14F2N2O2S2. The predicted molar refractivity (Wildman–Crippen MR) is 109 cm³/mol. The van der Waals surface area contributed by atoms with Crippen LogP contribution in [0.5, 0.6) is 5.75 Å². The summed E-state index contributed by atoms with van der Waals surface area (Å²) in [6, 6.07) is 9.30. The Labute approximate surface area is 173 Å². The fourth-order valence-corrected chi connectivity index (χ4v) is 5.27. The molecule has 0 fully saturated rings. The van der Waals surface area contributed by atoms with Crippen LogP contribution in [0.15, 0.2) is 53.1 Å². The molecule has 4 nitrogen and oxygen atoms in total. The van der Waals surface area contributed by atoms with Gasteiger partial charge in [0.1, 0.15) is 33.6 Å². The van der Waals surface area contributed by atoms with Crippen LogP contribution in [0.4, 0.5) is 8.78 Å². The summed E-state index contributed by atoms with van der Waals surface area (Å²) in [5.74, 6) is 0.576. The lowest BCUT2D eigenvalue weighted by atomic mass is 10.1. The molecule has 0 saturated carbocycles. The summed E-state index contributed by atoms with van der Waals surface area (Å²) in [7, 11) is 0. The van der Waals surface area contributed by atoms with Crippen molar-refractivity contribution in [1.29, 1.82) is 0 Å². The van der Waals surface area contributed by atoms with E-state index in [9.17, 15) is 8.78 Å². The summed E-state index contributed by atoms with van der Waals surface area (Å²) in [6.07, 6.45) is 1.53. The Balaban J connectivity index is 1.51. The molecule has 0 aliphatic carbocycles. The molecule has 3 heterocycles. The van der Waals surface area contributed by atoms with Crippen LogP contribution in [-0.2, 0) is 17.1 Å². The van der Waals surface area contributed by atoms with Crippen LogP contribution in [0.3, 0.4) is 0 Å². The monoisotopic (exact) mass is 428 g/mol. The Kier molecular flexibility index (Phi) is 4.91. The molecule has 0 radical (unpaired) electrons. The summed E-state index contributed by atoms with van der Waals surface area (Å²) < 4.78 is 38.2. The number of nitrogens with zero attached hydrogens (tertiary/aromatic N) is 2. The Bertz CT molecular complexity index is 1200. The van der Waals surface area contributed by atoms with Crippen LogP contribution in [0.25, 0.3) is 21.3 Å². The van der Waals surface area contributed by atoms with Crippen molar-refractivity contribution in [1.82, 2.24) is 9.97 Å². The average Bonchev–Trinajstić information content (AvgIpc) is 3.17. The minimum absolute atomic E-state index is 0.160. The number of hydrogen-bond donors (Lipinski definition) is 0. The first-order valence-electron chi connectivity index (χ1n) is 8.82. The summed E-state index contributed by atoms with van der Waals surface area (Å²) in [4.78, 5) is 9.68. The van der Waals surface area contributed by atoms with Gasteiger partial charge in [0.25, 0.3) is 0 Å². The highest BCUT2D eigenvalue weighted by molar-refractivity contribution is 7.98. The Morgan fingerprint density at radius 3 is 2.79 bits per heavy atom. The molecule has 8 heteroatoms. The number of rotatable bonds is 4. The van der Waals surface area contributed by atoms with Gasteiger partial charge in [-0.2, -0.15) is 0 Å². The highest BCUT2D eigenvalue weighted by Gasteiger charge is 2.19.